The SMILES string of the molecule is C[C@@H]([C@H](C)[C@H](CO)OCc1ccccc1)[C@H](O)COCc1ccccc1. The van der Waals surface area contributed by atoms with Gasteiger partial charge in [-0.3, -0.25) is 0 Å². The molecule has 4 heteroatoms. The summed E-state index contributed by atoms with van der Waals surface area (Å²) in [5.74, 6) is -0.0577. The van der Waals surface area contributed by atoms with Gasteiger partial charge in [0.1, 0.15) is 0 Å². The summed E-state index contributed by atoms with van der Waals surface area (Å²) in [5, 5.41) is 20.1. The molecule has 0 radical (unpaired) electrons. The second-order valence-electron chi connectivity index (χ2n) is 6.80. The van der Waals surface area contributed by atoms with Crippen molar-refractivity contribution in [2.24, 2.45) is 11.8 Å². The lowest BCUT2D eigenvalue weighted by atomic mass is 9.86. The average molecular weight is 358 g/mol. The van der Waals surface area contributed by atoms with Crippen molar-refractivity contribution in [3.8, 4) is 0 Å². The third kappa shape index (κ3) is 6.54. The van der Waals surface area contributed by atoms with Gasteiger partial charge < -0.3 is 19.7 Å². The summed E-state index contributed by atoms with van der Waals surface area (Å²) in [6, 6.07) is 19.8. The van der Waals surface area contributed by atoms with E-state index in [0.29, 0.717) is 13.2 Å². The van der Waals surface area contributed by atoms with Crippen molar-refractivity contribution >= 4 is 0 Å². The molecule has 2 aromatic carbocycles. The van der Waals surface area contributed by atoms with Crippen LogP contribution >= 0.6 is 0 Å². The number of hydrogen-bond acceptors (Lipinski definition) is 4. The van der Waals surface area contributed by atoms with E-state index in [1.165, 1.54) is 0 Å². The zero-order valence-corrected chi connectivity index (χ0v) is 15.6. The maximum Gasteiger partial charge on any atom is 0.0839 e. The zero-order valence-electron chi connectivity index (χ0n) is 15.6. The van der Waals surface area contributed by atoms with Crippen LogP contribution in [0.2, 0.25) is 0 Å². The van der Waals surface area contributed by atoms with Crippen molar-refractivity contribution in [2.45, 2.75) is 39.3 Å². The molecular formula is C22H30O4. The molecular weight excluding hydrogens is 328 g/mol. The van der Waals surface area contributed by atoms with E-state index in [2.05, 4.69) is 0 Å². The average Bonchev–Trinajstić information content (AvgIpc) is 2.69. The number of benzene rings is 2. The van der Waals surface area contributed by atoms with E-state index in [1.54, 1.807) is 0 Å². The quantitative estimate of drug-likeness (QED) is 0.646. The highest BCUT2D eigenvalue weighted by atomic mass is 16.5. The van der Waals surface area contributed by atoms with Crippen molar-refractivity contribution in [3.63, 3.8) is 0 Å². The van der Waals surface area contributed by atoms with Crippen LogP contribution in [0.5, 0.6) is 0 Å². The van der Waals surface area contributed by atoms with Gasteiger partial charge in [-0.1, -0.05) is 74.5 Å². The van der Waals surface area contributed by atoms with Crippen LogP contribution in [0, 0.1) is 11.8 Å². The molecule has 2 rings (SSSR count). The van der Waals surface area contributed by atoms with Gasteiger partial charge in [0.15, 0.2) is 0 Å². The zero-order chi connectivity index (χ0) is 18.8. The standard InChI is InChI=1S/C22H30O4/c1-17(21(24)16-25-14-19-9-5-3-6-10-19)18(2)22(13-23)26-15-20-11-7-4-8-12-20/h3-12,17-18,21-24H,13-16H2,1-2H3/t17-,18-,21+,22-/m0/s1. The van der Waals surface area contributed by atoms with E-state index in [9.17, 15) is 10.2 Å². The molecule has 0 bridgehead atoms. The maximum atomic E-state index is 10.4. The summed E-state index contributed by atoms with van der Waals surface area (Å²) in [5.41, 5.74) is 2.15. The van der Waals surface area contributed by atoms with Crippen LogP contribution in [-0.2, 0) is 22.7 Å². The lowest BCUT2D eigenvalue weighted by Crippen LogP contribution is -2.37. The second kappa shape index (κ2) is 11.1. The van der Waals surface area contributed by atoms with Gasteiger partial charge in [0.25, 0.3) is 0 Å². The fourth-order valence-corrected chi connectivity index (χ4v) is 2.86. The van der Waals surface area contributed by atoms with Crippen molar-refractivity contribution < 1.29 is 19.7 Å². The lowest BCUT2D eigenvalue weighted by Gasteiger charge is -2.30. The van der Waals surface area contributed by atoms with Gasteiger partial charge in [0.05, 0.1) is 38.6 Å². The van der Waals surface area contributed by atoms with E-state index >= 15 is 0 Å². The smallest absolute Gasteiger partial charge is 0.0839 e. The number of aliphatic hydroxyl groups excluding tert-OH is 2. The van der Waals surface area contributed by atoms with E-state index in [-0.39, 0.29) is 31.2 Å². The van der Waals surface area contributed by atoms with E-state index < -0.39 is 6.10 Å². The lowest BCUT2D eigenvalue weighted by molar-refractivity contribution is -0.0732. The van der Waals surface area contributed by atoms with Crippen molar-refractivity contribution in [1.82, 2.24) is 0 Å². The minimum absolute atomic E-state index is 0.000891. The molecule has 0 heterocycles. The first kappa shape index (κ1) is 20.6. The van der Waals surface area contributed by atoms with Crippen molar-refractivity contribution in [3.05, 3.63) is 71.8 Å². The van der Waals surface area contributed by atoms with Crippen LogP contribution in [0.25, 0.3) is 0 Å². The normalized spacial score (nSPS) is 16.0. The molecule has 0 aliphatic carbocycles. The Morgan fingerprint density at radius 2 is 1.35 bits per heavy atom. The van der Waals surface area contributed by atoms with Gasteiger partial charge in [-0.2, -0.15) is 0 Å². The third-order valence-corrected chi connectivity index (χ3v) is 4.91. The first-order valence-electron chi connectivity index (χ1n) is 9.18. The molecule has 0 aliphatic heterocycles. The number of aliphatic hydroxyl groups is 2. The Labute approximate surface area is 156 Å². The molecule has 0 fully saturated rings. The third-order valence-electron chi connectivity index (χ3n) is 4.91. The van der Waals surface area contributed by atoms with Crippen molar-refractivity contribution in [2.75, 3.05) is 13.2 Å². The Kier molecular flexibility index (Phi) is 8.78. The second-order valence-corrected chi connectivity index (χ2v) is 6.80. The summed E-state index contributed by atoms with van der Waals surface area (Å²) in [4.78, 5) is 0. The highest BCUT2D eigenvalue weighted by Crippen LogP contribution is 2.22. The Bertz CT molecular complexity index is 602. The summed E-state index contributed by atoms with van der Waals surface area (Å²) in [6.45, 7) is 5.08. The number of hydrogen-bond donors (Lipinski definition) is 2. The van der Waals surface area contributed by atoms with Crippen molar-refractivity contribution in [1.29, 1.82) is 0 Å². The molecule has 142 valence electrons. The Morgan fingerprint density at radius 3 is 1.88 bits per heavy atom. The van der Waals surface area contributed by atoms with E-state index in [0.717, 1.165) is 11.1 Å². The minimum Gasteiger partial charge on any atom is -0.394 e. The monoisotopic (exact) mass is 358 g/mol. The van der Waals surface area contributed by atoms with Gasteiger partial charge in [-0.25, -0.2) is 0 Å². The van der Waals surface area contributed by atoms with E-state index in [1.807, 2.05) is 74.5 Å². The highest BCUT2D eigenvalue weighted by Gasteiger charge is 2.28. The molecule has 4 atom stereocenters. The highest BCUT2D eigenvalue weighted by molar-refractivity contribution is 5.14. The van der Waals surface area contributed by atoms with Gasteiger partial charge in [0.2, 0.25) is 0 Å². The Balaban J connectivity index is 1.78. The molecule has 26 heavy (non-hydrogen) atoms. The maximum absolute atomic E-state index is 10.4. The molecule has 2 N–H and O–H groups in total. The van der Waals surface area contributed by atoms with Crippen LogP contribution in [0.3, 0.4) is 0 Å². The first-order chi connectivity index (χ1) is 12.6. The first-order valence-corrected chi connectivity index (χ1v) is 9.18. The molecule has 0 spiro atoms. The van der Waals surface area contributed by atoms with Gasteiger partial charge >= 0.3 is 0 Å². The molecule has 0 saturated carbocycles. The summed E-state index contributed by atoms with van der Waals surface area (Å²) < 4.78 is 11.5. The van der Waals surface area contributed by atoms with Gasteiger partial charge in [-0.15, -0.1) is 0 Å². The predicted molar refractivity (Wildman–Crippen MR) is 103 cm³/mol. The topological polar surface area (TPSA) is 58.9 Å². The number of rotatable bonds is 11. The molecule has 2 aromatic rings. The number of ether oxygens (including phenoxy) is 2. The van der Waals surface area contributed by atoms with Crippen LogP contribution in [-0.4, -0.2) is 35.6 Å². The summed E-state index contributed by atoms with van der Waals surface area (Å²) in [7, 11) is 0. The van der Waals surface area contributed by atoms with Crippen LogP contribution < -0.4 is 0 Å². The largest absolute Gasteiger partial charge is 0.394 e. The summed E-state index contributed by atoms with van der Waals surface area (Å²) >= 11 is 0. The fraction of sp³-hybridized carbons (Fsp3) is 0.455. The van der Waals surface area contributed by atoms with Crippen LogP contribution in [0.4, 0.5) is 0 Å². The molecule has 0 saturated heterocycles. The van der Waals surface area contributed by atoms with Gasteiger partial charge in [0, 0.05) is 0 Å². The molecule has 0 aliphatic rings. The molecule has 0 aromatic heterocycles. The molecule has 0 unspecified atom stereocenters. The summed E-state index contributed by atoms with van der Waals surface area (Å²) in [6.07, 6.45) is -0.933. The predicted octanol–water partition coefficient (Wildman–Crippen LogP) is 3.41. The molecule has 4 nitrogen and oxygen atoms in total. The Morgan fingerprint density at radius 1 is 0.808 bits per heavy atom. The van der Waals surface area contributed by atoms with Gasteiger partial charge in [-0.05, 0) is 23.0 Å². The Hall–Kier alpha value is -1.72. The van der Waals surface area contributed by atoms with Crippen LogP contribution in [0.1, 0.15) is 25.0 Å². The van der Waals surface area contributed by atoms with E-state index in [4.69, 9.17) is 9.47 Å². The van der Waals surface area contributed by atoms with Crippen LogP contribution in [0.15, 0.2) is 60.7 Å². The minimum atomic E-state index is -0.608. The molecule has 0 amide bonds. The fourth-order valence-electron chi connectivity index (χ4n) is 2.86.